The summed E-state index contributed by atoms with van der Waals surface area (Å²) in [7, 11) is -3.67. The quantitative estimate of drug-likeness (QED) is 0.714. The molecule has 178 valence electrons. The molecular weight excluding hydrogens is 438 g/mol. The molecule has 0 atom stereocenters. The molecule has 4 rings (SSSR count). The number of rotatable bonds is 5. The molecule has 2 saturated heterocycles. The fourth-order valence-electron chi connectivity index (χ4n) is 4.56. The van der Waals surface area contributed by atoms with Crippen LogP contribution in [-0.2, 0) is 14.8 Å². The number of nitrogens with zero attached hydrogens (tertiary/aromatic N) is 2. The fraction of sp³-hybridized carbons (Fsp3) is 0.480. The minimum Gasteiger partial charge on any atom is -0.379 e. The highest BCUT2D eigenvalue weighted by atomic mass is 32.2. The van der Waals surface area contributed by atoms with Crippen LogP contribution in [0.4, 0.5) is 11.4 Å². The second-order valence-corrected chi connectivity index (χ2v) is 10.8. The molecular formula is C25H33N3O4S. The summed E-state index contributed by atoms with van der Waals surface area (Å²) in [5, 5.41) is 3.03. The van der Waals surface area contributed by atoms with Gasteiger partial charge in [0.2, 0.25) is 10.0 Å². The van der Waals surface area contributed by atoms with Gasteiger partial charge in [-0.1, -0.05) is 30.5 Å². The lowest BCUT2D eigenvalue weighted by Crippen LogP contribution is -2.40. The standard InChI is InChI=1S/C25H33N3O4S/c1-19-7-9-22(20(2)17-19)25(29)26-23-18-21(33(30,31)28-13-15-32-16-14-28)8-10-24(23)27-11-5-3-4-6-12-27/h7-10,17-18H,3-6,11-16H2,1-2H3,(H,26,29). The number of ether oxygens (including phenoxy) is 1. The van der Waals surface area contributed by atoms with Gasteiger partial charge in [-0.15, -0.1) is 0 Å². The van der Waals surface area contributed by atoms with Gasteiger partial charge in [0.25, 0.3) is 5.91 Å². The second-order valence-electron chi connectivity index (χ2n) is 8.87. The third kappa shape index (κ3) is 5.39. The van der Waals surface area contributed by atoms with E-state index in [1.165, 1.54) is 17.1 Å². The summed E-state index contributed by atoms with van der Waals surface area (Å²) in [6, 6.07) is 10.8. The van der Waals surface area contributed by atoms with Crippen LogP contribution in [0.2, 0.25) is 0 Å². The van der Waals surface area contributed by atoms with E-state index in [2.05, 4.69) is 10.2 Å². The zero-order valence-electron chi connectivity index (χ0n) is 19.5. The molecule has 0 spiro atoms. The molecule has 1 amide bonds. The van der Waals surface area contributed by atoms with E-state index >= 15 is 0 Å². The molecule has 8 heteroatoms. The van der Waals surface area contributed by atoms with E-state index < -0.39 is 10.0 Å². The third-order valence-corrected chi connectivity index (χ3v) is 8.29. The van der Waals surface area contributed by atoms with Crippen molar-refractivity contribution in [3.63, 3.8) is 0 Å². The molecule has 2 aromatic carbocycles. The number of benzene rings is 2. The molecule has 2 aliphatic rings. The van der Waals surface area contributed by atoms with Gasteiger partial charge in [-0.25, -0.2) is 8.42 Å². The van der Waals surface area contributed by atoms with Gasteiger partial charge in [-0.3, -0.25) is 4.79 Å². The SMILES string of the molecule is Cc1ccc(C(=O)Nc2cc(S(=O)(=O)N3CCOCC3)ccc2N2CCCCCC2)c(C)c1. The molecule has 7 nitrogen and oxygen atoms in total. The normalized spacial score (nSPS) is 18.1. The molecule has 1 N–H and O–H groups in total. The number of carbonyl (C=O) groups is 1. The first kappa shape index (κ1) is 23.7. The highest BCUT2D eigenvalue weighted by Gasteiger charge is 2.28. The summed E-state index contributed by atoms with van der Waals surface area (Å²) in [5.74, 6) is -0.232. The summed E-state index contributed by atoms with van der Waals surface area (Å²) < 4.78 is 33.3. The first-order valence-electron chi connectivity index (χ1n) is 11.7. The average molecular weight is 472 g/mol. The molecule has 33 heavy (non-hydrogen) atoms. The Morgan fingerprint density at radius 3 is 2.27 bits per heavy atom. The van der Waals surface area contributed by atoms with Gasteiger partial charge in [0, 0.05) is 31.7 Å². The van der Waals surface area contributed by atoms with Crippen molar-refractivity contribution in [2.24, 2.45) is 0 Å². The van der Waals surface area contributed by atoms with Gasteiger partial charge < -0.3 is 15.0 Å². The fourth-order valence-corrected chi connectivity index (χ4v) is 5.99. The van der Waals surface area contributed by atoms with Crippen LogP contribution in [0.25, 0.3) is 0 Å². The molecule has 2 aliphatic heterocycles. The molecule has 0 radical (unpaired) electrons. The van der Waals surface area contributed by atoms with Crippen molar-refractivity contribution in [1.82, 2.24) is 4.31 Å². The lowest BCUT2D eigenvalue weighted by molar-refractivity contribution is 0.0730. The number of morpholine rings is 1. The van der Waals surface area contributed by atoms with Crippen LogP contribution in [-0.4, -0.2) is 58.0 Å². The number of hydrogen-bond donors (Lipinski definition) is 1. The first-order valence-corrected chi connectivity index (χ1v) is 13.2. The lowest BCUT2D eigenvalue weighted by atomic mass is 10.0. The zero-order chi connectivity index (χ0) is 23.4. The van der Waals surface area contributed by atoms with E-state index in [0.717, 1.165) is 42.7 Å². The van der Waals surface area contributed by atoms with Crippen LogP contribution in [0.1, 0.15) is 47.2 Å². The number of amides is 1. The van der Waals surface area contributed by atoms with Gasteiger partial charge in [0.05, 0.1) is 29.5 Å². The van der Waals surface area contributed by atoms with Crippen LogP contribution in [0.3, 0.4) is 0 Å². The molecule has 2 heterocycles. The van der Waals surface area contributed by atoms with Crippen molar-refractivity contribution < 1.29 is 17.9 Å². The Morgan fingerprint density at radius 1 is 0.909 bits per heavy atom. The molecule has 2 fully saturated rings. The second kappa shape index (κ2) is 10.2. The minimum atomic E-state index is -3.67. The largest absolute Gasteiger partial charge is 0.379 e. The van der Waals surface area contributed by atoms with Crippen LogP contribution in [0, 0.1) is 13.8 Å². The van der Waals surface area contributed by atoms with Crippen molar-refractivity contribution in [1.29, 1.82) is 0 Å². The van der Waals surface area contributed by atoms with Crippen molar-refractivity contribution in [2.75, 3.05) is 49.6 Å². The molecule has 2 aromatic rings. The Morgan fingerprint density at radius 2 is 1.61 bits per heavy atom. The van der Waals surface area contributed by atoms with Crippen molar-refractivity contribution >= 4 is 27.3 Å². The Hall–Kier alpha value is -2.42. The maximum Gasteiger partial charge on any atom is 0.255 e. The number of aryl methyl sites for hydroxylation is 2. The number of anilines is 2. The van der Waals surface area contributed by atoms with E-state index in [4.69, 9.17) is 4.74 Å². The highest BCUT2D eigenvalue weighted by molar-refractivity contribution is 7.89. The molecule has 0 bridgehead atoms. The highest BCUT2D eigenvalue weighted by Crippen LogP contribution is 2.32. The number of nitrogens with one attached hydrogen (secondary N) is 1. The van der Waals surface area contributed by atoms with E-state index in [1.54, 1.807) is 12.1 Å². The maximum atomic E-state index is 13.3. The number of sulfonamides is 1. The maximum absolute atomic E-state index is 13.3. The summed E-state index contributed by atoms with van der Waals surface area (Å²) in [5.41, 5.74) is 3.98. The van der Waals surface area contributed by atoms with Crippen molar-refractivity contribution in [3.8, 4) is 0 Å². The van der Waals surface area contributed by atoms with Gasteiger partial charge in [0.1, 0.15) is 0 Å². The molecule has 0 saturated carbocycles. The predicted molar refractivity (Wildman–Crippen MR) is 131 cm³/mol. The summed E-state index contributed by atoms with van der Waals surface area (Å²) >= 11 is 0. The van der Waals surface area contributed by atoms with E-state index in [9.17, 15) is 13.2 Å². The Bertz CT molecular complexity index is 1100. The summed E-state index contributed by atoms with van der Waals surface area (Å²) in [6.45, 7) is 7.14. The topological polar surface area (TPSA) is 79.0 Å². The summed E-state index contributed by atoms with van der Waals surface area (Å²) in [6.07, 6.45) is 4.53. The molecule has 0 unspecified atom stereocenters. The first-order chi connectivity index (χ1) is 15.9. The molecule has 0 aliphatic carbocycles. The number of carbonyl (C=O) groups excluding carboxylic acids is 1. The molecule has 0 aromatic heterocycles. The summed E-state index contributed by atoms with van der Waals surface area (Å²) in [4.78, 5) is 15.7. The van der Waals surface area contributed by atoms with Crippen LogP contribution < -0.4 is 10.2 Å². The Balaban J connectivity index is 1.70. The Labute approximate surface area is 196 Å². The average Bonchev–Trinajstić information content (AvgIpc) is 3.09. The Kier molecular flexibility index (Phi) is 7.36. The minimum absolute atomic E-state index is 0.193. The van der Waals surface area contributed by atoms with Crippen LogP contribution in [0.15, 0.2) is 41.3 Å². The van der Waals surface area contributed by atoms with Gasteiger partial charge >= 0.3 is 0 Å². The smallest absolute Gasteiger partial charge is 0.255 e. The monoisotopic (exact) mass is 471 g/mol. The van der Waals surface area contributed by atoms with Gasteiger partial charge in [-0.05, 0) is 56.5 Å². The van der Waals surface area contributed by atoms with E-state index in [1.807, 2.05) is 38.1 Å². The zero-order valence-corrected chi connectivity index (χ0v) is 20.3. The van der Waals surface area contributed by atoms with Gasteiger partial charge in [-0.2, -0.15) is 4.31 Å². The van der Waals surface area contributed by atoms with Crippen molar-refractivity contribution in [3.05, 3.63) is 53.1 Å². The predicted octanol–water partition coefficient (Wildman–Crippen LogP) is 3.96. The number of hydrogen-bond acceptors (Lipinski definition) is 5. The van der Waals surface area contributed by atoms with Gasteiger partial charge in [0.15, 0.2) is 0 Å². The lowest BCUT2D eigenvalue weighted by Gasteiger charge is -2.28. The van der Waals surface area contributed by atoms with Crippen LogP contribution in [0.5, 0.6) is 0 Å². The third-order valence-electron chi connectivity index (χ3n) is 6.40. The van der Waals surface area contributed by atoms with Crippen molar-refractivity contribution in [2.45, 2.75) is 44.4 Å². The van der Waals surface area contributed by atoms with E-state index in [-0.39, 0.29) is 10.8 Å². The van der Waals surface area contributed by atoms with Crippen LogP contribution >= 0.6 is 0 Å². The van der Waals surface area contributed by atoms with E-state index in [0.29, 0.717) is 37.6 Å².